The van der Waals surface area contributed by atoms with E-state index in [9.17, 15) is 0 Å². The Morgan fingerprint density at radius 3 is 2.69 bits per heavy atom. The first-order valence-corrected chi connectivity index (χ1v) is 6.78. The molecule has 0 aromatic rings. The van der Waals surface area contributed by atoms with Gasteiger partial charge in [0.15, 0.2) is 0 Å². The Bertz CT molecular complexity index is 204. The summed E-state index contributed by atoms with van der Waals surface area (Å²) < 4.78 is 5.41. The van der Waals surface area contributed by atoms with E-state index in [1.165, 1.54) is 32.2 Å². The van der Waals surface area contributed by atoms with Crippen LogP contribution < -0.4 is 5.32 Å². The molecule has 2 aliphatic rings. The van der Waals surface area contributed by atoms with E-state index < -0.39 is 0 Å². The molecule has 3 nitrogen and oxygen atoms in total. The highest BCUT2D eigenvalue weighted by atomic mass is 16.5. The van der Waals surface area contributed by atoms with Crippen molar-refractivity contribution < 1.29 is 4.74 Å². The van der Waals surface area contributed by atoms with Crippen LogP contribution in [0.2, 0.25) is 0 Å². The van der Waals surface area contributed by atoms with Gasteiger partial charge in [0.05, 0.1) is 0 Å². The number of nitrogens with zero attached hydrogens (tertiary/aromatic N) is 1. The van der Waals surface area contributed by atoms with Gasteiger partial charge < -0.3 is 15.0 Å². The molecule has 0 radical (unpaired) electrons. The Kier molecular flexibility index (Phi) is 4.62. The van der Waals surface area contributed by atoms with Gasteiger partial charge in [0, 0.05) is 31.8 Å². The predicted octanol–water partition coefficient (Wildman–Crippen LogP) is 1.49. The summed E-state index contributed by atoms with van der Waals surface area (Å²) in [6.07, 6.45) is 5.20. The number of likely N-dealkylation sites (N-methyl/N-ethyl adjacent to an activating group) is 1. The van der Waals surface area contributed by atoms with Crippen molar-refractivity contribution in [3.8, 4) is 0 Å². The third kappa shape index (κ3) is 3.19. The van der Waals surface area contributed by atoms with Crippen LogP contribution in [0, 0.1) is 5.92 Å². The van der Waals surface area contributed by atoms with Crippen LogP contribution in [0.15, 0.2) is 0 Å². The number of likely N-dealkylation sites (tertiary alicyclic amines) is 1. The lowest BCUT2D eigenvalue weighted by Crippen LogP contribution is -2.43. The zero-order valence-electron chi connectivity index (χ0n) is 10.7. The molecule has 2 aliphatic heterocycles. The van der Waals surface area contributed by atoms with E-state index in [0.29, 0.717) is 6.04 Å². The van der Waals surface area contributed by atoms with Gasteiger partial charge in [0.25, 0.3) is 0 Å². The van der Waals surface area contributed by atoms with Crippen molar-refractivity contribution in [2.45, 2.75) is 44.7 Å². The molecule has 0 saturated carbocycles. The molecular weight excluding hydrogens is 200 g/mol. The molecule has 2 unspecified atom stereocenters. The smallest absolute Gasteiger partial charge is 0.0469 e. The molecule has 3 heteroatoms. The zero-order chi connectivity index (χ0) is 11.4. The minimum absolute atomic E-state index is 0.651. The molecule has 0 aromatic carbocycles. The lowest BCUT2D eigenvalue weighted by Gasteiger charge is -2.30. The molecule has 2 atom stereocenters. The Balaban J connectivity index is 1.68. The molecule has 0 aliphatic carbocycles. The second kappa shape index (κ2) is 5.99. The summed E-state index contributed by atoms with van der Waals surface area (Å²) in [6.45, 7) is 6.69. The van der Waals surface area contributed by atoms with Crippen molar-refractivity contribution in [2.24, 2.45) is 5.92 Å². The monoisotopic (exact) mass is 226 g/mol. The van der Waals surface area contributed by atoms with Gasteiger partial charge in [-0.3, -0.25) is 0 Å². The van der Waals surface area contributed by atoms with E-state index in [1.807, 2.05) is 0 Å². The van der Waals surface area contributed by atoms with E-state index in [2.05, 4.69) is 24.2 Å². The van der Waals surface area contributed by atoms with Crippen molar-refractivity contribution in [3.63, 3.8) is 0 Å². The minimum atomic E-state index is 0.651. The summed E-state index contributed by atoms with van der Waals surface area (Å²) in [7, 11) is 2.25. The standard InChI is InChI=1S/C13H26N2O/c1-11(12-5-8-16-9-6-12)14-10-13-4-3-7-15(13)2/h11-14H,3-10H2,1-2H3. The Hall–Kier alpha value is -0.120. The van der Waals surface area contributed by atoms with Crippen molar-refractivity contribution in [3.05, 3.63) is 0 Å². The summed E-state index contributed by atoms with van der Waals surface area (Å²) in [5, 5.41) is 3.73. The van der Waals surface area contributed by atoms with Crippen LogP contribution in [0.3, 0.4) is 0 Å². The lowest BCUT2D eigenvalue weighted by atomic mass is 9.93. The van der Waals surface area contributed by atoms with E-state index in [-0.39, 0.29) is 0 Å². The van der Waals surface area contributed by atoms with Gasteiger partial charge in [-0.2, -0.15) is 0 Å². The van der Waals surface area contributed by atoms with Gasteiger partial charge in [0.2, 0.25) is 0 Å². The highest BCUT2D eigenvalue weighted by molar-refractivity contribution is 4.81. The second-order valence-corrected chi connectivity index (χ2v) is 5.42. The zero-order valence-corrected chi connectivity index (χ0v) is 10.7. The summed E-state index contributed by atoms with van der Waals surface area (Å²) >= 11 is 0. The third-order valence-corrected chi connectivity index (χ3v) is 4.32. The average molecular weight is 226 g/mol. The molecule has 2 fully saturated rings. The maximum Gasteiger partial charge on any atom is 0.0469 e. The minimum Gasteiger partial charge on any atom is -0.381 e. The van der Waals surface area contributed by atoms with Gasteiger partial charge in [-0.1, -0.05) is 0 Å². The maximum atomic E-state index is 5.41. The molecule has 2 heterocycles. The van der Waals surface area contributed by atoms with Crippen molar-refractivity contribution >= 4 is 0 Å². The summed E-state index contributed by atoms with van der Waals surface area (Å²) in [4.78, 5) is 2.49. The van der Waals surface area contributed by atoms with Gasteiger partial charge in [-0.15, -0.1) is 0 Å². The summed E-state index contributed by atoms with van der Waals surface area (Å²) in [5.41, 5.74) is 0. The molecular formula is C13H26N2O. The van der Waals surface area contributed by atoms with Crippen molar-refractivity contribution in [1.29, 1.82) is 0 Å². The lowest BCUT2D eigenvalue weighted by molar-refractivity contribution is 0.0552. The fourth-order valence-electron chi connectivity index (χ4n) is 2.94. The molecule has 94 valence electrons. The van der Waals surface area contributed by atoms with E-state index in [1.54, 1.807) is 0 Å². The SMILES string of the molecule is CC(NCC1CCCN1C)C1CCOCC1. The molecule has 0 aromatic heterocycles. The van der Waals surface area contributed by atoms with Crippen LogP contribution in [0.5, 0.6) is 0 Å². The van der Waals surface area contributed by atoms with Crippen LogP contribution in [0.25, 0.3) is 0 Å². The van der Waals surface area contributed by atoms with Crippen molar-refractivity contribution in [1.82, 2.24) is 10.2 Å². The normalized spacial score (nSPS) is 30.8. The molecule has 0 bridgehead atoms. The first-order valence-electron chi connectivity index (χ1n) is 6.78. The van der Waals surface area contributed by atoms with Crippen LogP contribution in [0.4, 0.5) is 0 Å². The average Bonchev–Trinajstić information content (AvgIpc) is 2.73. The predicted molar refractivity (Wildman–Crippen MR) is 66.7 cm³/mol. The van der Waals surface area contributed by atoms with E-state index >= 15 is 0 Å². The summed E-state index contributed by atoms with van der Waals surface area (Å²) in [6, 6.07) is 1.42. The molecule has 0 spiro atoms. The number of hydrogen-bond acceptors (Lipinski definition) is 3. The Morgan fingerprint density at radius 1 is 1.31 bits per heavy atom. The largest absolute Gasteiger partial charge is 0.381 e. The quantitative estimate of drug-likeness (QED) is 0.786. The van der Waals surface area contributed by atoms with E-state index in [4.69, 9.17) is 4.74 Å². The molecule has 1 N–H and O–H groups in total. The second-order valence-electron chi connectivity index (χ2n) is 5.42. The van der Waals surface area contributed by atoms with Gasteiger partial charge >= 0.3 is 0 Å². The molecule has 2 rings (SSSR count). The molecule has 0 amide bonds. The third-order valence-electron chi connectivity index (χ3n) is 4.32. The molecule has 2 saturated heterocycles. The number of rotatable bonds is 4. The number of nitrogens with one attached hydrogen (secondary N) is 1. The van der Waals surface area contributed by atoms with Crippen LogP contribution in [-0.2, 0) is 4.74 Å². The highest BCUT2D eigenvalue weighted by Crippen LogP contribution is 2.19. The topological polar surface area (TPSA) is 24.5 Å². The van der Waals surface area contributed by atoms with Crippen LogP contribution in [-0.4, -0.2) is 50.3 Å². The fourth-order valence-corrected chi connectivity index (χ4v) is 2.94. The van der Waals surface area contributed by atoms with E-state index in [0.717, 1.165) is 31.7 Å². The number of hydrogen-bond donors (Lipinski definition) is 1. The molecule has 16 heavy (non-hydrogen) atoms. The number of ether oxygens (including phenoxy) is 1. The Morgan fingerprint density at radius 2 is 2.06 bits per heavy atom. The van der Waals surface area contributed by atoms with Crippen LogP contribution >= 0.6 is 0 Å². The first-order chi connectivity index (χ1) is 7.77. The van der Waals surface area contributed by atoms with Gasteiger partial charge in [-0.25, -0.2) is 0 Å². The Labute approximate surface area is 99.5 Å². The maximum absolute atomic E-state index is 5.41. The van der Waals surface area contributed by atoms with Crippen molar-refractivity contribution in [2.75, 3.05) is 33.4 Å². The first kappa shape index (κ1) is 12.3. The highest BCUT2D eigenvalue weighted by Gasteiger charge is 2.24. The fraction of sp³-hybridized carbons (Fsp3) is 1.00. The van der Waals surface area contributed by atoms with Crippen LogP contribution in [0.1, 0.15) is 32.6 Å². The van der Waals surface area contributed by atoms with Gasteiger partial charge in [-0.05, 0) is 52.1 Å². The summed E-state index contributed by atoms with van der Waals surface area (Å²) in [5.74, 6) is 0.820. The van der Waals surface area contributed by atoms with Gasteiger partial charge in [0.1, 0.15) is 0 Å².